The number of nitro groups is 1. The van der Waals surface area contributed by atoms with E-state index in [9.17, 15) is 14.9 Å². The molecule has 82 valence electrons. The maximum Gasteiger partial charge on any atom is 0.270 e. The number of ketones is 1. The van der Waals surface area contributed by atoms with E-state index in [1.54, 1.807) is 13.0 Å². The highest BCUT2D eigenvalue weighted by atomic mass is 16.6. The molecular weight excluding hydrogens is 198 g/mol. The zero-order valence-electron chi connectivity index (χ0n) is 8.64. The molecule has 0 fully saturated rings. The van der Waals surface area contributed by atoms with Crippen LogP contribution in [0.3, 0.4) is 0 Å². The third-order valence-corrected chi connectivity index (χ3v) is 1.46. The van der Waals surface area contributed by atoms with Crippen LogP contribution in [0.15, 0.2) is 24.3 Å². The minimum atomic E-state index is -0.521. The Morgan fingerprint density at radius 2 is 2.07 bits per heavy atom. The lowest BCUT2D eigenvalue weighted by Gasteiger charge is -1.93. The number of benzene rings is 1. The molecule has 1 aromatic carbocycles. The molecule has 0 bridgehead atoms. The maximum absolute atomic E-state index is 10.8. The smallest absolute Gasteiger partial charge is 0.270 e. The number of carbonyl (C=O) groups excluding carboxylic acids is 1. The van der Waals surface area contributed by atoms with Gasteiger partial charge in [0, 0.05) is 24.3 Å². The van der Waals surface area contributed by atoms with Crippen molar-refractivity contribution in [3.05, 3.63) is 39.9 Å². The molecule has 0 saturated heterocycles. The molecule has 0 aliphatic carbocycles. The first-order valence-corrected chi connectivity index (χ1v) is 4.39. The molecule has 5 heteroatoms. The Balaban J connectivity index is 0.000000583. The van der Waals surface area contributed by atoms with E-state index < -0.39 is 4.92 Å². The van der Waals surface area contributed by atoms with Crippen LogP contribution in [0, 0.1) is 10.1 Å². The minimum Gasteiger partial charge on any atom is -0.397 e. The highest BCUT2D eigenvalue weighted by molar-refractivity contribution is 5.94. The summed E-state index contributed by atoms with van der Waals surface area (Å²) in [4.78, 5) is 20.5. The van der Waals surface area contributed by atoms with Crippen LogP contribution in [-0.2, 0) is 0 Å². The molecule has 0 radical (unpaired) electrons. The van der Waals surface area contributed by atoms with Gasteiger partial charge in [-0.1, -0.05) is 12.1 Å². The second kappa shape index (κ2) is 6.67. The van der Waals surface area contributed by atoms with Crippen LogP contribution in [-0.4, -0.2) is 22.4 Å². The zero-order valence-corrected chi connectivity index (χ0v) is 8.64. The Morgan fingerprint density at radius 3 is 2.47 bits per heavy atom. The van der Waals surface area contributed by atoms with Gasteiger partial charge in [0.1, 0.15) is 0 Å². The van der Waals surface area contributed by atoms with Crippen LogP contribution >= 0.6 is 0 Å². The molecular formula is C10H13NO4. The van der Waals surface area contributed by atoms with Gasteiger partial charge in [-0.2, -0.15) is 0 Å². The van der Waals surface area contributed by atoms with Gasteiger partial charge in [0.15, 0.2) is 5.78 Å². The number of carbonyl (C=O) groups is 1. The standard InChI is InChI=1S/C8H7NO3.C2H6O/c1-6(10)7-3-2-4-8(5-7)9(11)12;1-2-3/h2-5H,1H3;3H,2H2,1H3. The first kappa shape index (κ1) is 13.2. The molecule has 1 N–H and O–H groups in total. The van der Waals surface area contributed by atoms with Crippen LogP contribution < -0.4 is 0 Å². The summed E-state index contributed by atoms with van der Waals surface area (Å²) in [6.07, 6.45) is 0. The molecule has 0 saturated carbocycles. The average Bonchev–Trinajstić information content (AvgIpc) is 2.19. The predicted molar refractivity (Wildman–Crippen MR) is 55.9 cm³/mol. The first-order valence-electron chi connectivity index (χ1n) is 4.39. The van der Waals surface area contributed by atoms with E-state index in [2.05, 4.69) is 0 Å². The summed E-state index contributed by atoms with van der Waals surface area (Å²) in [5, 5.41) is 17.8. The number of nitrogens with zero attached hydrogens (tertiary/aromatic N) is 1. The second-order valence-corrected chi connectivity index (χ2v) is 2.68. The summed E-state index contributed by atoms with van der Waals surface area (Å²) in [6.45, 7) is 3.30. The van der Waals surface area contributed by atoms with Crippen LogP contribution in [0.2, 0.25) is 0 Å². The Kier molecular flexibility index (Phi) is 5.89. The molecule has 0 amide bonds. The molecule has 5 nitrogen and oxygen atoms in total. The monoisotopic (exact) mass is 211 g/mol. The zero-order chi connectivity index (χ0) is 11.8. The van der Waals surface area contributed by atoms with Gasteiger partial charge in [-0.15, -0.1) is 0 Å². The SMILES string of the molecule is CC(=O)c1cccc([N+](=O)[O-])c1.CCO. The Morgan fingerprint density at radius 1 is 1.53 bits per heavy atom. The largest absolute Gasteiger partial charge is 0.397 e. The molecule has 0 atom stereocenters. The second-order valence-electron chi connectivity index (χ2n) is 2.68. The van der Waals surface area contributed by atoms with Crippen molar-refractivity contribution in [2.24, 2.45) is 0 Å². The van der Waals surface area contributed by atoms with Gasteiger partial charge in [0.25, 0.3) is 5.69 Å². The van der Waals surface area contributed by atoms with Crippen molar-refractivity contribution in [2.75, 3.05) is 6.61 Å². The van der Waals surface area contributed by atoms with E-state index in [0.717, 1.165) is 0 Å². The van der Waals surface area contributed by atoms with Gasteiger partial charge in [0.2, 0.25) is 0 Å². The van der Waals surface area contributed by atoms with Crippen molar-refractivity contribution in [2.45, 2.75) is 13.8 Å². The van der Waals surface area contributed by atoms with Gasteiger partial charge >= 0.3 is 0 Å². The molecule has 0 aliphatic heterocycles. The van der Waals surface area contributed by atoms with E-state index in [-0.39, 0.29) is 18.1 Å². The summed E-state index contributed by atoms with van der Waals surface area (Å²) in [6, 6.07) is 5.67. The van der Waals surface area contributed by atoms with Gasteiger partial charge in [-0.05, 0) is 13.8 Å². The Bertz CT molecular complexity index is 320. The van der Waals surface area contributed by atoms with Gasteiger partial charge < -0.3 is 5.11 Å². The molecule has 15 heavy (non-hydrogen) atoms. The quantitative estimate of drug-likeness (QED) is 0.459. The highest BCUT2D eigenvalue weighted by Gasteiger charge is 2.07. The third kappa shape index (κ3) is 4.87. The summed E-state index contributed by atoms with van der Waals surface area (Å²) in [5.74, 6) is -0.168. The number of Topliss-reactive ketones (excluding diaryl/α,β-unsaturated/α-hetero) is 1. The summed E-state index contributed by atoms with van der Waals surface area (Å²) in [5.41, 5.74) is 0.312. The van der Waals surface area contributed by atoms with E-state index in [4.69, 9.17) is 5.11 Å². The lowest BCUT2D eigenvalue weighted by atomic mass is 10.1. The normalized spacial score (nSPS) is 8.73. The fourth-order valence-electron chi connectivity index (χ4n) is 0.838. The van der Waals surface area contributed by atoms with Gasteiger partial charge in [0.05, 0.1) is 4.92 Å². The predicted octanol–water partition coefficient (Wildman–Crippen LogP) is 1.80. The molecule has 0 unspecified atom stereocenters. The summed E-state index contributed by atoms with van der Waals surface area (Å²) in [7, 11) is 0. The van der Waals surface area contributed by atoms with Crippen molar-refractivity contribution in [1.82, 2.24) is 0 Å². The lowest BCUT2D eigenvalue weighted by Crippen LogP contribution is -1.94. The molecule has 0 spiro atoms. The summed E-state index contributed by atoms with van der Waals surface area (Å²) < 4.78 is 0. The fraction of sp³-hybridized carbons (Fsp3) is 0.300. The van der Waals surface area contributed by atoms with E-state index in [1.807, 2.05) is 0 Å². The van der Waals surface area contributed by atoms with Gasteiger partial charge in [-0.25, -0.2) is 0 Å². The lowest BCUT2D eigenvalue weighted by molar-refractivity contribution is -0.384. The van der Waals surface area contributed by atoms with Crippen molar-refractivity contribution < 1.29 is 14.8 Å². The van der Waals surface area contributed by atoms with Crippen LogP contribution in [0.5, 0.6) is 0 Å². The van der Waals surface area contributed by atoms with Crippen LogP contribution in [0.4, 0.5) is 5.69 Å². The number of aliphatic hydroxyl groups excluding tert-OH is 1. The molecule has 0 heterocycles. The summed E-state index contributed by atoms with van der Waals surface area (Å²) >= 11 is 0. The van der Waals surface area contributed by atoms with Gasteiger partial charge in [-0.3, -0.25) is 14.9 Å². The first-order chi connectivity index (χ1) is 7.02. The number of hydrogen-bond acceptors (Lipinski definition) is 4. The van der Waals surface area contributed by atoms with Crippen LogP contribution in [0.25, 0.3) is 0 Å². The number of hydrogen-bond donors (Lipinski definition) is 1. The Labute approximate surface area is 87.5 Å². The average molecular weight is 211 g/mol. The number of nitro benzene ring substituents is 1. The van der Waals surface area contributed by atoms with E-state index >= 15 is 0 Å². The number of aliphatic hydroxyl groups is 1. The molecule has 0 aliphatic rings. The maximum atomic E-state index is 10.8. The Hall–Kier alpha value is -1.75. The fourth-order valence-corrected chi connectivity index (χ4v) is 0.838. The van der Waals surface area contributed by atoms with E-state index in [1.165, 1.54) is 25.1 Å². The molecule has 1 rings (SSSR count). The third-order valence-electron chi connectivity index (χ3n) is 1.46. The van der Waals surface area contributed by atoms with Crippen molar-refractivity contribution >= 4 is 11.5 Å². The topological polar surface area (TPSA) is 80.4 Å². The van der Waals surface area contributed by atoms with Crippen molar-refractivity contribution in [3.63, 3.8) is 0 Å². The number of non-ortho nitro benzene ring substituents is 1. The highest BCUT2D eigenvalue weighted by Crippen LogP contribution is 2.12. The molecule has 0 aromatic heterocycles. The van der Waals surface area contributed by atoms with Crippen molar-refractivity contribution in [3.8, 4) is 0 Å². The van der Waals surface area contributed by atoms with E-state index in [0.29, 0.717) is 5.56 Å². The molecule has 1 aromatic rings. The number of rotatable bonds is 2. The van der Waals surface area contributed by atoms with Crippen LogP contribution in [0.1, 0.15) is 24.2 Å². The van der Waals surface area contributed by atoms with Crippen molar-refractivity contribution in [1.29, 1.82) is 0 Å². The minimum absolute atomic E-state index is 0.0531.